The highest BCUT2D eigenvalue weighted by atomic mass is 16.5. The Balaban J connectivity index is 1.41. The summed E-state index contributed by atoms with van der Waals surface area (Å²) >= 11 is 0. The van der Waals surface area contributed by atoms with Crippen molar-refractivity contribution in [3.8, 4) is 11.3 Å². The molecule has 0 saturated carbocycles. The number of pyridine rings is 1. The molecule has 0 aliphatic carbocycles. The fourth-order valence-electron chi connectivity index (χ4n) is 3.51. The molecule has 1 aromatic carbocycles. The maximum absolute atomic E-state index is 12.7. The van der Waals surface area contributed by atoms with E-state index in [1.54, 1.807) is 12.4 Å². The van der Waals surface area contributed by atoms with Crippen molar-refractivity contribution in [1.29, 1.82) is 0 Å². The molecule has 1 saturated heterocycles. The minimum absolute atomic E-state index is 0.0480. The largest absolute Gasteiger partial charge is 0.359 e. The van der Waals surface area contributed by atoms with Crippen LogP contribution in [0.25, 0.3) is 11.3 Å². The van der Waals surface area contributed by atoms with Crippen LogP contribution in [-0.2, 0) is 6.54 Å². The van der Waals surface area contributed by atoms with Crippen molar-refractivity contribution in [2.45, 2.75) is 19.4 Å². The van der Waals surface area contributed by atoms with Crippen LogP contribution in [0.4, 0.5) is 0 Å². The summed E-state index contributed by atoms with van der Waals surface area (Å²) in [7, 11) is 0. The van der Waals surface area contributed by atoms with Gasteiger partial charge in [-0.3, -0.25) is 14.7 Å². The number of nitrogens with zero attached hydrogens (tertiary/aromatic N) is 3. The Morgan fingerprint density at radius 2 is 2.08 bits per heavy atom. The van der Waals surface area contributed by atoms with E-state index in [-0.39, 0.29) is 11.7 Å². The maximum atomic E-state index is 12.7. The summed E-state index contributed by atoms with van der Waals surface area (Å²) in [6.07, 6.45) is 5.48. The van der Waals surface area contributed by atoms with Crippen LogP contribution in [0.3, 0.4) is 0 Å². The third-order valence-electron chi connectivity index (χ3n) is 4.83. The number of aromatic nitrogens is 2. The molecule has 4 rings (SSSR count). The molecule has 3 aromatic rings. The Hall–Kier alpha value is -2.79. The quantitative estimate of drug-likeness (QED) is 0.657. The Bertz CT molecular complexity index is 861. The van der Waals surface area contributed by atoms with Gasteiger partial charge in [-0.2, -0.15) is 0 Å². The summed E-state index contributed by atoms with van der Waals surface area (Å²) in [5.41, 5.74) is 2.54. The minimum atomic E-state index is 0.0480. The van der Waals surface area contributed by atoms with E-state index in [1.807, 2.05) is 48.5 Å². The summed E-state index contributed by atoms with van der Waals surface area (Å²) in [6, 6.07) is 15.4. The molecule has 1 atom stereocenters. The Kier molecular flexibility index (Phi) is 4.88. The molecule has 0 radical (unpaired) electrons. The molecule has 0 unspecified atom stereocenters. The SMILES string of the molecule is O=C(c1ccccc1)[C@@H]1CCCN(Cc2cc(-c3cccnc3)no2)C1. The second-order valence-electron chi connectivity index (χ2n) is 6.72. The zero-order chi connectivity index (χ0) is 17.8. The molecule has 1 aliphatic rings. The number of rotatable bonds is 5. The van der Waals surface area contributed by atoms with Crippen LogP contribution in [0.15, 0.2) is 65.4 Å². The van der Waals surface area contributed by atoms with Gasteiger partial charge in [0.15, 0.2) is 11.5 Å². The van der Waals surface area contributed by atoms with E-state index >= 15 is 0 Å². The molecule has 5 nitrogen and oxygen atoms in total. The first-order valence-electron chi connectivity index (χ1n) is 8.97. The van der Waals surface area contributed by atoms with Crippen LogP contribution in [0.1, 0.15) is 29.0 Å². The average Bonchev–Trinajstić information content (AvgIpc) is 3.17. The van der Waals surface area contributed by atoms with Gasteiger partial charge in [0.05, 0.1) is 6.54 Å². The molecule has 2 aromatic heterocycles. The summed E-state index contributed by atoms with van der Waals surface area (Å²) in [5, 5.41) is 4.15. The van der Waals surface area contributed by atoms with E-state index in [9.17, 15) is 4.79 Å². The van der Waals surface area contributed by atoms with Crippen molar-refractivity contribution in [1.82, 2.24) is 15.0 Å². The number of hydrogen-bond donors (Lipinski definition) is 0. The number of benzene rings is 1. The lowest BCUT2D eigenvalue weighted by molar-refractivity contribution is 0.0799. The summed E-state index contributed by atoms with van der Waals surface area (Å²) < 4.78 is 5.50. The smallest absolute Gasteiger partial charge is 0.167 e. The summed E-state index contributed by atoms with van der Waals surface area (Å²) in [4.78, 5) is 19.1. The van der Waals surface area contributed by atoms with E-state index < -0.39 is 0 Å². The van der Waals surface area contributed by atoms with Gasteiger partial charge in [0.25, 0.3) is 0 Å². The molecule has 132 valence electrons. The molecule has 5 heteroatoms. The fraction of sp³-hybridized carbons (Fsp3) is 0.286. The van der Waals surface area contributed by atoms with Crippen molar-refractivity contribution in [2.24, 2.45) is 5.92 Å². The van der Waals surface area contributed by atoms with E-state index in [0.29, 0.717) is 6.54 Å². The molecular formula is C21H21N3O2. The van der Waals surface area contributed by atoms with Crippen molar-refractivity contribution in [3.05, 3.63) is 72.2 Å². The summed E-state index contributed by atoms with van der Waals surface area (Å²) in [6.45, 7) is 2.41. The Morgan fingerprint density at radius 1 is 1.19 bits per heavy atom. The zero-order valence-electron chi connectivity index (χ0n) is 14.5. The molecule has 26 heavy (non-hydrogen) atoms. The van der Waals surface area contributed by atoms with Crippen LogP contribution in [-0.4, -0.2) is 33.9 Å². The molecule has 1 fully saturated rings. The van der Waals surface area contributed by atoms with E-state index in [0.717, 1.165) is 48.5 Å². The average molecular weight is 347 g/mol. The van der Waals surface area contributed by atoms with Gasteiger partial charge in [0, 0.05) is 42.0 Å². The fourth-order valence-corrected chi connectivity index (χ4v) is 3.51. The first-order valence-corrected chi connectivity index (χ1v) is 8.97. The number of Topliss-reactive ketones (excluding diaryl/α,β-unsaturated/α-hetero) is 1. The molecule has 0 amide bonds. The highest BCUT2D eigenvalue weighted by Gasteiger charge is 2.27. The van der Waals surface area contributed by atoms with Gasteiger partial charge in [0.2, 0.25) is 0 Å². The first-order chi connectivity index (χ1) is 12.8. The number of likely N-dealkylation sites (tertiary alicyclic amines) is 1. The van der Waals surface area contributed by atoms with Gasteiger partial charge in [0.1, 0.15) is 5.69 Å². The van der Waals surface area contributed by atoms with Crippen LogP contribution in [0.2, 0.25) is 0 Å². The molecule has 0 bridgehead atoms. The van der Waals surface area contributed by atoms with Crippen molar-refractivity contribution in [3.63, 3.8) is 0 Å². The monoisotopic (exact) mass is 347 g/mol. The number of hydrogen-bond acceptors (Lipinski definition) is 5. The predicted molar refractivity (Wildman–Crippen MR) is 98.5 cm³/mol. The molecule has 3 heterocycles. The van der Waals surface area contributed by atoms with E-state index in [1.165, 1.54) is 0 Å². The number of carbonyl (C=O) groups is 1. The lowest BCUT2D eigenvalue weighted by Crippen LogP contribution is -2.38. The van der Waals surface area contributed by atoms with Gasteiger partial charge in [-0.15, -0.1) is 0 Å². The van der Waals surface area contributed by atoms with Crippen molar-refractivity contribution >= 4 is 5.78 Å². The normalized spacial score (nSPS) is 17.9. The van der Waals surface area contributed by atoms with E-state index in [4.69, 9.17) is 4.52 Å². The standard InChI is InChI=1S/C21H21N3O2/c25-21(16-6-2-1-3-7-16)18-9-5-11-24(14-18)15-19-12-20(23-26-19)17-8-4-10-22-13-17/h1-4,6-8,10,12-13,18H,5,9,11,14-15H2/t18-/m1/s1. The minimum Gasteiger partial charge on any atom is -0.359 e. The van der Waals surface area contributed by atoms with Gasteiger partial charge >= 0.3 is 0 Å². The number of piperidine rings is 1. The molecule has 1 aliphatic heterocycles. The third-order valence-corrected chi connectivity index (χ3v) is 4.83. The predicted octanol–water partition coefficient (Wildman–Crippen LogP) is 3.83. The van der Waals surface area contributed by atoms with Crippen molar-refractivity contribution in [2.75, 3.05) is 13.1 Å². The maximum Gasteiger partial charge on any atom is 0.167 e. The van der Waals surface area contributed by atoms with E-state index in [2.05, 4.69) is 15.0 Å². The second-order valence-corrected chi connectivity index (χ2v) is 6.72. The zero-order valence-corrected chi connectivity index (χ0v) is 14.5. The van der Waals surface area contributed by atoms with Crippen molar-refractivity contribution < 1.29 is 9.32 Å². The topological polar surface area (TPSA) is 59.2 Å². The second kappa shape index (κ2) is 7.62. The lowest BCUT2D eigenvalue weighted by Gasteiger charge is -2.31. The third kappa shape index (κ3) is 3.73. The van der Waals surface area contributed by atoms with Gasteiger partial charge in [-0.25, -0.2) is 0 Å². The number of carbonyl (C=O) groups excluding carboxylic acids is 1. The van der Waals surface area contributed by atoms with Crippen LogP contribution in [0, 0.1) is 5.92 Å². The van der Waals surface area contributed by atoms with Crippen LogP contribution >= 0.6 is 0 Å². The van der Waals surface area contributed by atoms with Gasteiger partial charge in [-0.1, -0.05) is 35.5 Å². The molecule has 0 spiro atoms. The molecule has 0 N–H and O–H groups in total. The highest BCUT2D eigenvalue weighted by molar-refractivity contribution is 5.98. The highest BCUT2D eigenvalue weighted by Crippen LogP contribution is 2.24. The molecular weight excluding hydrogens is 326 g/mol. The first kappa shape index (κ1) is 16.7. The van der Waals surface area contributed by atoms with Crippen LogP contribution < -0.4 is 0 Å². The van der Waals surface area contributed by atoms with Crippen LogP contribution in [0.5, 0.6) is 0 Å². The Labute approximate surface area is 152 Å². The number of ketones is 1. The van der Waals surface area contributed by atoms with Gasteiger partial charge < -0.3 is 4.52 Å². The summed E-state index contributed by atoms with van der Waals surface area (Å²) in [5.74, 6) is 1.10. The Morgan fingerprint density at radius 3 is 2.88 bits per heavy atom. The lowest BCUT2D eigenvalue weighted by atomic mass is 9.90. The van der Waals surface area contributed by atoms with Gasteiger partial charge in [-0.05, 0) is 31.5 Å².